The zero-order chi connectivity index (χ0) is 23.5. The van der Waals surface area contributed by atoms with Crippen molar-refractivity contribution >= 4 is 6.03 Å². The number of carbonyl (C=O) groups is 1. The van der Waals surface area contributed by atoms with Crippen molar-refractivity contribution in [1.82, 2.24) is 20.4 Å². The van der Waals surface area contributed by atoms with Crippen LogP contribution in [-0.4, -0.2) is 60.8 Å². The summed E-state index contributed by atoms with van der Waals surface area (Å²) in [6.45, 7) is 13.7. The van der Waals surface area contributed by atoms with Gasteiger partial charge in [0.05, 0.1) is 13.2 Å². The van der Waals surface area contributed by atoms with Gasteiger partial charge in [-0.25, -0.2) is 4.79 Å². The third-order valence-electron chi connectivity index (χ3n) is 5.67. The highest BCUT2D eigenvalue weighted by atomic mass is 16.5. The maximum atomic E-state index is 13.0. The molecule has 0 unspecified atom stereocenters. The van der Waals surface area contributed by atoms with E-state index in [4.69, 9.17) is 4.74 Å². The fourth-order valence-electron chi connectivity index (χ4n) is 3.89. The molecular formula is C27H40N4O2. The second-order valence-electron chi connectivity index (χ2n) is 9.81. The van der Waals surface area contributed by atoms with E-state index in [-0.39, 0.29) is 11.6 Å². The lowest BCUT2D eigenvalue weighted by Crippen LogP contribution is -2.49. The van der Waals surface area contributed by atoms with E-state index in [0.29, 0.717) is 6.54 Å². The van der Waals surface area contributed by atoms with Gasteiger partial charge in [-0.2, -0.15) is 0 Å². The van der Waals surface area contributed by atoms with Crippen LogP contribution in [0.5, 0.6) is 0 Å². The Morgan fingerprint density at radius 1 is 0.939 bits per heavy atom. The van der Waals surface area contributed by atoms with Crippen LogP contribution in [0.2, 0.25) is 0 Å². The van der Waals surface area contributed by atoms with Gasteiger partial charge in [-0.15, -0.1) is 0 Å². The number of ether oxygens (including phenoxy) is 1. The summed E-state index contributed by atoms with van der Waals surface area (Å²) >= 11 is 0. The molecule has 3 rings (SSSR count). The number of amides is 2. The van der Waals surface area contributed by atoms with Crippen LogP contribution >= 0.6 is 0 Å². The predicted octanol–water partition coefficient (Wildman–Crippen LogP) is 4.01. The zero-order valence-corrected chi connectivity index (χ0v) is 20.5. The molecule has 0 saturated carbocycles. The normalized spacial score (nSPS) is 14.8. The molecule has 0 aromatic heterocycles. The first-order valence-electron chi connectivity index (χ1n) is 12.1. The Hall–Kier alpha value is -2.41. The predicted molar refractivity (Wildman–Crippen MR) is 134 cm³/mol. The van der Waals surface area contributed by atoms with Crippen molar-refractivity contribution in [2.45, 2.75) is 52.4 Å². The number of morpholine rings is 1. The molecule has 33 heavy (non-hydrogen) atoms. The van der Waals surface area contributed by atoms with Crippen LogP contribution in [0.4, 0.5) is 4.79 Å². The number of rotatable bonds is 10. The monoisotopic (exact) mass is 452 g/mol. The highest BCUT2D eigenvalue weighted by Crippen LogP contribution is 2.11. The summed E-state index contributed by atoms with van der Waals surface area (Å²) in [6.07, 6.45) is 0.957. The first-order chi connectivity index (χ1) is 15.9. The Balaban J connectivity index is 1.51. The van der Waals surface area contributed by atoms with Crippen molar-refractivity contribution in [2.75, 3.05) is 39.4 Å². The Labute approximate surface area is 199 Å². The standard InChI is InChI=1S/C27H40N4O2/c1-27(2,3)29-26(32)31(15-7-14-30-16-18-33-19-17-30)22-25-12-10-24(11-13-25)21-28-20-23-8-5-4-6-9-23/h4-6,8-13,28H,7,14-22H2,1-3H3,(H,29,32). The van der Waals surface area contributed by atoms with E-state index in [1.54, 1.807) is 0 Å². The minimum absolute atomic E-state index is 0.00178. The molecule has 1 heterocycles. The molecule has 6 heteroatoms. The van der Waals surface area contributed by atoms with E-state index in [9.17, 15) is 4.79 Å². The molecule has 6 nitrogen and oxygen atoms in total. The number of nitrogens with one attached hydrogen (secondary N) is 2. The van der Waals surface area contributed by atoms with Crippen LogP contribution in [0.1, 0.15) is 43.9 Å². The average molecular weight is 453 g/mol. The SMILES string of the molecule is CC(C)(C)NC(=O)N(CCCN1CCOCC1)Cc1ccc(CNCc2ccccc2)cc1. The fraction of sp³-hybridized carbons (Fsp3) is 0.519. The molecule has 1 aliphatic rings. The number of nitrogens with zero attached hydrogens (tertiary/aromatic N) is 2. The van der Waals surface area contributed by atoms with Crippen LogP contribution in [0.3, 0.4) is 0 Å². The van der Waals surface area contributed by atoms with Gasteiger partial charge in [-0.05, 0) is 43.9 Å². The lowest BCUT2D eigenvalue weighted by atomic mass is 10.1. The van der Waals surface area contributed by atoms with Gasteiger partial charge < -0.3 is 20.3 Å². The van der Waals surface area contributed by atoms with Gasteiger partial charge in [0.2, 0.25) is 0 Å². The van der Waals surface area contributed by atoms with E-state index in [2.05, 4.69) is 64.1 Å². The molecule has 1 fully saturated rings. The quantitative estimate of drug-likeness (QED) is 0.572. The lowest BCUT2D eigenvalue weighted by Gasteiger charge is -2.30. The van der Waals surface area contributed by atoms with E-state index >= 15 is 0 Å². The van der Waals surface area contributed by atoms with Crippen molar-refractivity contribution < 1.29 is 9.53 Å². The maximum Gasteiger partial charge on any atom is 0.318 e. The summed E-state index contributed by atoms with van der Waals surface area (Å²) in [5.41, 5.74) is 3.42. The van der Waals surface area contributed by atoms with Crippen molar-refractivity contribution in [3.05, 3.63) is 71.3 Å². The molecule has 2 aromatic carbocycles. The number of benzene rings is 2. The van der Waals surface area contributed by atoms with E-state index < -0.39 is 0 Å². The van der Waals surface area contributed by atoms with Gasteiger partial charge >= 0.3 is 6.03 Å². The Bertz CT molecular complexity index is 827. The first kappa shape index (κ1) is 25.2. The zero-order valence-electron chi connectivity index (χ0n) is 20.5. The molecule has 2 aromatic rings. The topological polar surface area (TPSA) is 56.8 Å². The molecular weight excluding hydrogens is 412 g/mol. The average Bonchev–Trinajstić information content (AvgIpc) is 2.80. The molecule has 0 bridgehead atoms. The molecule has 180 valence electrons. The van der Waals surface area contributed by atoms with Gasteiger partial charge in [0.1, 0.15) is 0 Å². The van der Waals surface area contributed by atoms with Crippen LogP contribution in [0.25, 0.3) is 0 Å². The number of urea groups is 1. The van der Waals surface area contributed by atoms with Gasteiger partial charge in [0.15, 0.2) is 0 Å². The molecule has 2 amide bonds. The molecule has 0 radical (unpaired) electrons. The van der Waals surface area contributed by atoms with Crippen molar-refractivity contribution in [3.8, 4) is 0 Å². The number of hydrogen-bond acceptors (Lipinski definition) is 4. The Morgan fingerprint density at radius 3 is 2.18 bits per heavy atom. The summed E-state index contributed by atoms with van der Waals surface area (Å²) in [7, 11) is 0. The summed E-state index contributed by atoms with van der Waals surface area (Å²) in [5.74, 6) is 0. The van der Waals surface area contributed by atoms with Gasteiger partial charge in [-0.3, -0.25) is 4.90 Å². The highest BCUT2D eigenvalue weighted by Gasteiger charge is 2.20. The Kier molecular flexibility index (Phi) is 9.73. The second kappa shape index (κ2) is 12.7. The van der Waals surface area contributed by atoms with Crippen LogP contribution in [0, 0.1) is 0 Å². The second-order valence-corrected chi connectivity index (χ2v) is 9.81. The number of carbonyl (C=O) groups excluding carboxylic acids is 1. The van der Waals surface area contributed by atoms with Gasteiger partial charge in [0, 0.05) is 51.4 Å². The molecule has 1 saturated heterocycles. The summed E-state index contributed by atoms with van der Waals surface area (Å²) < 4.78 is 5.44. The third kappa shape index (κ3) is 9.54. The van der Waals surface area contributed by atoms with Gasteiger partial charge in [0.25, 0.3) is 0 Å². The van der Waals surface area contributed by atoms with Crippen molar-refractivity contribution in [1.29, 1.82) is 0 Å². The largest absolute Gasteiger partial charge is 0.379 e. The smallest absolute Gasteiger partial charge is 0.318 e. The van der Waals surface area contributed by atoms with E-state index in [1.165, 1.54) is 11.1 Å². The van der Waals surface area contributed by atoms with Gasteiger partial charge in [-0.1, -0.05) is 54.6 Å². The highest BCUT2D eigenvalue weighted by molar-refractivity contribution is 5.75. The molecule has 0 aliphatic carbocycles. The minimum atomic E-state index is -0.256. The molecule has 2 N–H and O–H groups in total. The first-order valence-corrected chi connectivity index (χ1v) is 12.1. The van der Waals surface area contributed by atoms with Crippen LogP contribution in [-0.2, 0) is 24.4 Å². The molecule has 0 spiro atoms. The summed E-state index contributed by atoms with van der Waals surface area (Å²) in [6, 6.07) is 19.0. The van der Waals surface area contributed by atoms with Crippen molar-refractivity contribution in [2.24, 2.45) is 0 Å². The van der Waals surface area contributed by atoms with Crippen molar-refractivity contribution in [3.63, 3.8) is 0 Å². The minimum Gasteiger partial charge on any atom is -0.379 e. The molecule has 1 aliphatic heterocycles. The Morgan fingerprint density at radius 2 is 1.55 bits per heavy atom. The molecule has 0 atom stereocenters. The van der Waals surface area contributed by atoms with Crippen LogP contribution in [0.15, 0.2) is 54.6 Å². The fourth-order valence-corrected chi connectivity index (χ4v) is 3.89. The number of hydrogen-bond donors (Lipinski definition) is 2. The third-order valence-corrected chi connectivity index (χ3v) is 5.67. The lowest BCUT2D eigenvalue weighted by molar-refractivity contribution is 0.0364. The van der Waals surface area contributed by atoms with E-state index in [0.717, 1.165) is 64.5 Å². The summed E-state index contributed by atoms with van der Waals surface area (Å²) in [5, 5.41) is 6.62. The summed E-state index contributed by atoms with van der Waals surface area (Å²) in [4.78, 5) is 17.3. The van der Waals surface area contributed by atoms with Crippen LogP contribution < -0.4 is 10.6 Å². The van der Waals surface area contributed by atoms with E-state index in [1.807, 2.05) is 31.7 Å². The maximum absolute atomic E-state index is 13.0.